The Morgan fingerprint density at radius 2 is 1.90 bits per heavy atom. The molecule has 1 aromatic carbocycles. The third-order valence-corrected chi connectivity index (χ3v) is 6.16. The third-order valence-electron chi connectivity index (χ3n) is 2.92. The predicted octanol–water partition coefficient (Wildman–Crippen LogP) is 2.40. The highest BCUT2D eigenvalue weighted by Crippen LogP contribution is 2.35. The lowest BCUT2D eigenvalue weighted by atomic mass is 10.3. The van der Waals surface area contributed by atoms with E-state index < -0.39 is 20.7 Å². The number of nitrogens with zero attached hydrogens (tertiary/aromatic N) is 2. The molecule has 120 valence electrons. The lowest BCUT2D eigenvalue weighted by Gasteiger charge is -2.19. The Balaban J connectivity index is 3.08. The number of rotatable bonds is 6. The molecule has 0 spiro atoms. The molecule has 0 aliphatic carbocycles. The molecule has 0 heterocycles. The molecule has 0 saturated carbocycles. The maximum Gasteiger partial charge on any atom is 0.245 e. The van der Waals surface area contributed by atoms with E-state index in [1.807, 2.05) is 19.0 Å². The molecule has 0 unspecified atom stereocenters. The van der Waals surface area contributed by atoms with Crippen molar-refractivity contribution < 1.29 is 12.8 Å². The standard InChI is InChI=1S/C12H18BrClFN3O2S/c1-17(2)5-4-6-18(3)21(19,20)9-7-8(14)10(13)12(16)11(9)15/h7H,4-6,16H2,1-3H3. The van der Waals surface area contributed by atoms with Crippen LogP contribution in [0.2, 0.25) is 5.02 Å². The minimum absolute atomic E-state index is 0.0502. The Morgan fingerprint density at radius 3 is 2.43 bits per heavy atom. The van der Waals surface area contributed by atoms with Crippen molar-refractivity contribution in [1.29, 1.82) is 0 Å². The zero-order chi connectivity index (χ0) is 16.4. The molecule has 1 aromatic rings. The van der Waals surface area contributed by atoms with Crippen molar-refractivity contribution in [3.05, 3.63) is 21.4 Å². The monoisotopic (exact) mass is 401 g/mol. The lowest BCUT2D eigenvalue weighted by Crippen LogP contribution is -2.30. The summed E-state index contributed by atoms with van der Waals surface area (Å²) in [7, 11) is 1.21. The van der Waals surface area contributed by atoms with Crippen molar-refractivity contribution in [1.82, 2.24) is 9.21 Å². The van der Waals surface area contributed by atoms with Crippen LogP contribution in [0.4, 0.5) is 10.1 Å². The van der Waals surface area contributed by atoms with Crippen LogP contribution in [0.1, 0.15) is 6.42 Å². The number of hydrogen-bond donors (Lipinski definition) is 1. The summed E-state index contributed by atoms with van der Waals surface area (Å²) in [4.78, 5) is 1.43. The Labute approximate surface area is 138 Å². The summed E-state index contributed by atoms with van der Waals surface area (Å²) >= 11 is 8.88. The number of benzene rings is 1. The number of anilines is 1. The van der Waals surface area contributed by atoms with Gasteiger partial charge in [-0.25, -0.2) is 17.1 Å². The van der Waals surface area contributed by atoms with Crippen LogP contribution in [0.5, 0.6) is 0 Å². The van der Waals surface area contributed by atoms with E-state index >= 15 is 0 Å². The smallest absolute Gasteiger partial charge is 0.245 e. The molecular weight excluding hydrogens is 385 g/mol. The van der Waals surface area contributed by atoms with E-state index in [-0.39, 0.29) is 21.7 Å². The van der Waals surface area contributed by atoms with Gasteiger partial charge in [0.15, 0.2) is 5.82 Å². The van der Waals surface area contributed by atoms with E-state index in [0.717, 1.165) is 16.9 Å². The number of hydrogen-bond acceptors (Lipinski definition) is 4. The molecule has 0 aliphatic heterocycles. The maximum absolute atomic E-state index is 14.1. The van der Waals surface area contributed by atoms with Gasteiger partial charge >= 0.3 is 0 Å². The van der Waals surface area contributed by atoms with Crippen molar-refractivity contribution in [2.75, 3.05) is 40.0 Å². The summed E-state index contributed by atoms with van der Waals surface area (Å²) in [5.41, 5.74) is 5.21. The molecule has 0 bridgehead atoms. The summed E-state index contributed by atoms with van der Waals surface area (Å²) in [5, 5.41) is 0.0502. The van der Waals surface area contributed by atoms with Gasteiger partial charge < -0.3 is 10.6 Å². The van der Waals surface area contributed by atoms with Gasteiger partial charge in [0.2, 0.25) is 10.0 Å². The summed E-state index contributed by atoms with van der Waals surface area (Å²) in [6, 6.07) is 1.06. The highest BCUT2D eigenvalue weighted by Gasteiger charge is 2.27. The van der Waals surface area contributed by atoms with Crippen LogP contribution in [0.15, 0.2) is 15.4 Å². The van der Waals surface area contributed by atoms with Gasteiger partial charge in [0.1, 0.15) is 4.90 Å². The van der Waals surface area contributed by atoms with Crippen LogP contribution < -0.4 is 5.73 Å². The molecule has 0 aliphatic rings. The first-order valence-corrected chi connectivity index (χ1v) is 8.74. The first-order chi connectivity index (χ1) is 9.59. The average Bonchev–Trinajstić information content (AvgIpc) is 2.39. The Kier molecular flexibility index (Phi) is 6.42. The minimum Gasteiger partial charge on any atom is -0.395 e. The molecule has 21 heavy (non-hydrogen) atoms. The molecular formula is C12H18BrClFN3O2S. The number of nitrogens with two attached hydrogens (primary N) is 1. The Morgan fingerprint density at radius 1 is 1.33 bits per heavy atom. The van der Waals surface area contributed by atoms with E-state index in [1.165, 1.54) is 7.05 Å². The summed E-state index contributed by atoms with van der Waals surface area (Å²) in [6.07, 6.45) is 0.629. The summed E-state index contributed by atoms with van der Waals surface area (Å²) in [6.45, 7) is 0.999. The van der Waals surface area contributed by atoms with Gasteiger partial charge in [-0.3, -0.25) is 0 Å². The topological polar surface area (TPSA) is 66.6 Å². The largest absolute Gasteiger partial charge is 0.395 e. The quantitative estimate of drug-likeness (QED) is 0.586. The Bertz CT molecular complexity index is 625. The van der Waals surface area contributed by atoms with Crippen LogP contribution in [-0.4, -0.2) is 51.9 Å². The van der Waals surface area contributed by atoms with Gasteiger partial charge in [0.05, 0.1) is 15.2 Å². The van der Waals surface area contributed by atoms with Crippen molar-refractivity contribution in [3.63, 3.8) is 0 Å². The van der Waals surface area contributed by atoms with E-state index in [1.54, 1.807) is 0 Å². The zero-order valence-corrected chi connectivity index (χ0v) is 15.2. The lowest BCUT2D eigenvalue weighted by molar-refractivity contribution is 0.369. The van der Waals surface area contributed by atoms with Gasteiger partial charge in [0.25, 0.3) is 0 Å². The van der Waals surface area contributed by atoms with Gasteiger partial charge in [0, 0.05) is 13.6 Å². The van der Waals surface area contributed by atoms with Crippen LogP contribution in [0.3, 0.4) is 0 Å². The van der Waals surface area contributed by atoms with Crippen LogP contribution in [0, 0.1) is 5.82 Å². The van der Waals surface area contributed by atoms with Gasteiger partial charge in [-0.05, 0) is 49.1 Å². The molecule has 5 nitrogen and oxygen atoms in total. The van der Waals surface area contributed by atoms with Crippen LogP contribution in [0.25, 0.3) is 0 Å². The molecule has 1 rings (SSSR count). The molecule has 0 amide bonds. The fourth-order valence-corrected chi connectivity index (χ4v) is 3.56. The molecule has 0 saturated heterocycles. The van der Waals surface area contributed by atoms with Gasteiger partial charge in [-0.2, -0.15) is 0 Å². The van der Waals surface area contributed by atoms with Gasteiger partial charge in [-0.15, -0.1) is 0 Å². The number of sulfonamides is 1. The summed E-state index contributed by atoms with van der Waals surface area (Å²) in [5.74, 6) is -0.995. The highest BCUT2D eigenvalue weighted by molar-refractivity contribution is 9.10. The minimum atomic E-state index is -3.97. The molecule has 0 radical (unpaired) electrons. The summed E-state index contributed by atoms with van der Waals surface area (Å²) < 4.78 is 40.1. The number of nitrogen functional groups attached to an aromatic ring is 1. The van der Waals surface area contributed by atoms with E-state index in [0.29, 0.717) is 6.42 Å². The van der Waals surface area contributed by atoms with Crippen LogP contribution >= 0.6 is 27.5 Å². The van der Waals surface area contributed by atoms with Crippen LogP contribution in [-0.2, 0) is 10.0 Å². The maximum atomic E-state index is 14.1. The molecule has 0 aromatic heterocycles. The number of halogens is 3. The average molecular weight is 403 g/mol. The Hall–Kier alpha value is -0.410. The van der Waals surface area contributed by atoms with Gasteiger partial charge in [-0.1, -0.05) is 11.6 Å². The van der Waals surface area contributed by atoms with Crippen molar-refractivity contribution in [3.8, 4) is 0 Å². The first kappa shape index (κ1) is 18.6. The fraction of sp³-hybridized carbons (Fsp3) is 0.500. The normalized spacial score (nSPS) is 12.4. The second-order valence-electron chi connectivity index (χ2n) is 4.88. The van der Waals surface area contributed by atoms with E-state index in [9.17, 15) is 12.8 Å². The first-order valence-electron chi connectivity index (χ1n) is 6.13. The SMILES string of the molecule is CN(C)CCCN(C)S(=O)(=O)c1cc(Cl)c(Br)c(N)c1F. The second-order valence-corrected chi connectivity index (χ2v) is 8.10. The van der Waals surface area contributed by atoms with E-state index in [4.69, 9.17) is 17.3 Å². The molecule has 9 heteroatoms. The van der Waals surface area contributed by atoms with Crippen molar-refractivity contribution in [2.45, 2.75) is 11.3 Å². The highest BCUT2D eigenvalue weighted by atomic mass is 79.9. The zero-order valence-electron chi connectivity index (χ0n) is 12.0. The second kappa shape index (κ2) is 7.23. The molecule has 0 fully saturated rings. The van der Waals surface area contributed by atoms with E-state index in [2.05, 4.69) is 15.9 Å². The fourth-order valence-electron chi connectivity index (χ4n) is 1.68. The molecule has 0 atom stereocenters. The van der Waals surface area contributed by atoms with Crippen molar-refractivity contribution >= 4 is 43.2 Å². The predicted molar refractivity (Wildman–Crippen MR) is 86.5 cm³/mol. The van der Waals surface area contributed by atoms with Crippen molar-refractivity contribution in [2.24, 2.45) is 0 Å². The third kappa shape index (κ3) is 4.29. The molecule has 2 N–H and O–H groups in total.